The number of primary sulfonamides is 1. The van der Waals surface area contributed by atoms with E-state index in [1.807, 2.05) is 6.07 Å². The highest BCUT2D eigenvalue weighted by molar-refractivity contribution is 7.89. The molecule has 3 rings (SSSR count). The van der Waals surface area contributed by atoms with Crippen molar-refractivity contribution < 1.29 is 8.42 Å². The topological polar surface area (TPSA) is 98.0 Å². The number of sulfonamides is 1. The molecule has 0 aliphatic carbocycles. The molecule has 0 amide bonds. The minimum absolute atomic E-state index is 0.0601. The van der Waals surface area contributed by atoms with Crippen molar-refractivity contribution in [3.8, 4) is 11.3 Å². The summed E-state index contributed by atoms with van der Waals surface area (Å²) in [5.74, 6) is 0.434. The van der Waals surface area contributed by atoms with Gasteiger partial charge in [0.1, 0.15) is 0 Å². The Kier molecular flexibility index (Phi) is 5.29. The number of nitrogens with one attached hydrogen (secondary N) is 1. The molecule has 0 fully saturated rings. The molecule has 0 spiro atoms. The molecule has 0 saturated carbocycles. The van der Waals surface area contributed by atoms with Crippen molar-refractivity contribution in [3.63, 3.8) is 0 Å². The third-order valence-corrected chi connectivity index (χ3v) is 4.81. The van der Waals surface area contributed by atoms with E-state index in [9.17, 15) is 8.42 Å². The van der Waals surface area contributed by atoms with Crippen LogP contribution in [0.3, 0.4) is 0 Å². The number of aryl methyl sites for hydroxylation is 1. The van der Waals surface area contributed by atoms with Gasteiger partial charge in [-0.2, -0.15) is 0 Å². The van der Waals surface area contributed by atoms with Crippen LogP contribution in [0.4, 0.5) is 11.6 Å². The van der Waals surface area contributed by atoms with Crippen LogP contribution in [0.5, 0.6) is 0 Å². The van der Waals surface area contributed by atoms with E-state index in [-0.39, 0.29) is 4.90 Å². The van der Waals surface area contributed by atoms with E-state index in [0.717, 1.165) is 24.1 Å². The summed E-state index contributed by atoms with van der Waals surface area (Å²) in [6.45, 7) is 2.16. The molecule has 6 nitrogen and oxygen atoms in total. The lowest BCUT2D eigenvalue weighted by Crippen LogP contribution is -2.11. The van der Waals surface area contributed by atoms with Gasteiger partial charge in [-0.15, -0.1) is 0 Å². The lowest BCUT2D eigenvalue weighted by molar-refractivity contribution is 0.598. The van der Waals surface area contributed by atoms with Crippen molar-refractivity contribution >= 4 is 21.7 Å². The molecule has 3 N–H and O–H groups in total. The van der Waals surface area contributed by atoms with E-state index >= 15 is 0 Å². The fraction of sp³-hybridized carbons (Fsp3) is 0.158. The van der Waals surface area contributed by atoms with Gasteiger partial charge in [0.15, 0.2) is 0 Å². The maximum absolute atomic E-state index is 11.3. The second kappa shape index (κ2) is 7.63. The molecular formula is C19H20N4O2S. The van der Waals surface area contributed by atoms with Gasteiger partial charge in [-0.3, -0.25) is 0 Å². The number of benzene rings is 2. The van der Waals surface area contributed by atoms with E-state index in [2.05, 4.69) is 46.5 Å². The molecule has 0 aliphatic heterocycles. The first-order valence-electron chi connectivity index (χ1n) is 8.28. The zero-order valence-corrected chi connectivity index (χ0v) is 15.2. The number of nitrogens with two attached hydrogens (primary N) is 1. The standard InChI is InChI=1S/C19H20N4O2S/c1-2-3-14-4-6-15(7-5-14)18-12-13-21-19(23-18)22-16-8-10-17(11-9-16)26(20,24)25/h4-13H,2-3H2,1H3,(H2,20,24,25)(H,21,22,23). The van der Waals surface area contributed by atoms with Gasteiger partial charge in [0.2, 0.25) is 16.0 Å². The van der Waals surface area contributed by atoms with Crippen LogP contribution >= 0.6 is 0 Å². The highest BCUT2D eigenvalue weighted by Gasteiger charge is 2.08. The maximum atomic E-state index is 11.3. The molecule has 0 atom stereocenters. The van der Waals surface area contributed by atoms with Crippen molar-refractivity contribution in [1.82, 2.24) is 9.97 Å². The molecular weight excluding hydrogens is 348 g/mol. The maximum Gasteiger partial charge on any atom is 0.238 e. The average molecular weight is 368 g/mol. The highest BCUT2D eigenvalue weighted by atomic mass is 32.2. The van der Waals surface area contributed by atoms with Crippen LogP contribution in [0, 0.1) is 0 Å². The monoisotopic (exact) mass is 368 g/mol. The van der Waals surface area contributed by atoms with Crippen LogP contribution in [-0.4, -0.2) is 18.4 Å². The lowest BCUT2D eigenvalue weighted by Gasteiger charge is -2.08. The quantitative estimate of drug-likeness (QED) is 0.694. The molecule has 0 aliphatic rings. The van der Waals surface area contributed by atoms with E-state index < -0.39 is 10.0 Å². The Morgan fingerprint density at radius 2 is 1.69 bits per heavy atom. The summed E-state index contributed by atoms with van der Waals surface area (Å²) >= 11 is 0. The molecule has 7 heteroatoms. The highest BCUT2D eigenvalue weighted by Crippen LogP contribution is 2.21. The molecule has 1 aromatic heterocycles. The van der Waals surface area contributed by atoms with Gasteiger partial charge >= 0.3 is 0 Å². The summed E-state index contributed by atoms with van der Waals surface area (Å²) in [6, 6.07) is 16.3. The number of rotatable bonds is 6. The van der Waals surface area contributed by atoms with Crippen LogP contribution in [0.15, 0.2) is 65.7 Å². The van der Waals surface area contributed by atoms with Crippen LogP contribution in [-0.2, 0) is 16.4 Å². The summed E-state index contributed by atoms with van der Waals surface area (Å²) in [5.41, 5.74) is 3.80. The number of aromatic nitrogens is 2. The second-order valence-corrected chi connectivity index (χ2v) is 7.47. The van der Waals surface area contributed by atoms with Gasteiger partial charge in [0.25, 0.3) is 0 Å². The normalized spacial score (nSPS) is 11.3. The molecule has 0 bridgehead atoms. The Balaban J connectivity index is 1.79. The first-order chi connectivity index (χ1) is 12.5. The molecule has 26 heavy (non-hydrogen) atoms. The molecule has 3 aromatic rings. The minimum atomic E-state index is -3.70. The molecule has 0 unspecified atom stereocenters. The van der Waals surface area contributed by atoms with Crippen LogP contribution in [0.2, 0.25) is 0 Å². The Labute approximate surface area is 153 Å². The van der Waals surface area contributed by atoms with Crippen LogP contribution in [0.1, 0.15) is 18.9 Å². The second-order valence-electron chi connectivity index (χ2n) is 5.91. The van der Waals surface area contributed by atoms with Crippen molar-refractivity contribution in [1.29, 1.82) is 0 Å². The molecule has 0 radical (unpaired) electrons. The fourth-order valence-electron chi connectivity index (χ4n) is 2.57. The Morgan fingerprint density at radius 1 is 1.00 bits per heavy atom. The number of hydrogen-bond donors (Lipinski definition) is 2. The van der Waals surface area contributed by atoms with E-state index in [1.165, 1.54) is 17.7 Å². The fourth-order valence-corrected chi connectivity index (χ4v) is 3.08. The van der Waals surface area contributed by atoms with Crippen molar-refractivity contribution in [3.05, 3.63) is 66.4 Å². The smallest absolute Gasteiger partial charge is 0.238 e. The number of nitrogens with zero attached hydrogens (tertiary/aromatic N) is 2. The first-order valence-corrected chi connectivity index (χ1v) is 9.82. The van der Waals surface area contributed by atoms with Crippen molar-refractivity contribution in [2.24, 2.45) is 5.14 Å². The minimum Gasteiger partial charge on any atom is -0.324 e. The van der Waals surface area contributed by atoms with Crippen molar-refractivity contribution in [2.75, 3.05) is 5.32 Å². The van der Waals surface area contributed by atoms with E-state index in [0.29, 0.717) is 11.6 Å². The average Bonchev–Trinajstić information content (AvgIpc) is 2.63. The van der Waals surface area contributed by atoms with Gasteiger partial charge in [-0.25, -0.2) is 23.5 Å². The number of anilines is 2. The van der Waals surface area contributed by atoms with Crippen molar-refractivity contribution in [2.45, 2.75) is 24.7 Å². The molecule has 0 saturated heterocycles. The summed E-state index contributed by atoms with van der Waals surface area (Å²) < 4.78 is 22.6. The zero-order chi connectivity index (χ0) is 18.6. The Morgan fingerprint density at radius 3 is 2.31 bits per heavy atom. The first kappa shape index (κ1) is 18.0. The summed E-state index contributed by atoms with van der Waals surface area (Å²) in [5, 5.41) is 8.17. The summed E-state index contributed by atoms with van der Waals surface area (Å²) in [7, 11) is -3.70. The SMILES string of the molecule is CCCc1ccc(-c2ccnc(Nc3ccc(S(N)(=O)=O)cc3)n2)cc1. The van der Waals surface area contributed by atoms with Crippen LogP contribution in [0.25, 0.3) is 11.3 Å². The van der Waals surface area contributed by atoms with Gasteiger partial charge in [-0.1, -0.05) is 37.6 Å². The Hall–Kier alpha value is -2.77. The summed E-state index contributed by atoms with van der Waals surface area (Å²) in [4.78, 5) is 8.79. The van der Waals surface area contributed by atoms with E-state index in [4.69, 9.17) is 5.14 Å². The van der Waals surface area contributed by atoms with Gasteiger partial charge in [0, 0.05) is 17.4 Å². The largest absolute Gasteiger partial charge is 0.324 e. The zero-order valence-electron chi connectivity index (χ0n) is 14.4. The van der Waals surface area contributed by atoms with Gasteiger partial charge in [-0.05, 0) is 42.3 Å². The molecule has 1 heterocycles. The van der Waals surface area contributed by atoms with Crippen LogP contribution < -0.4 is 10.5 Å². The van der Waals surface area contributed by atoms with E-state index in [1.54, 1.807) is 18.3 Å². The van der Waals surface area contributed by atoms with Gasteiger partial charge < -0.3 is 5.32 Å². The van der Waals surface area contributed by atoms with Gasteiger partial charge in [0.05, 0.1) is 10.6 Å². The third kappa shape index (κ3) is 4.44. The third-order valence-electron chi connectivity index (χ3n) is 3.88. The molecule has 134 valence electrons. The lowest BCUT2D eigenvalue weighted by atomic mass is 10.1. The summed E-state index contributed by atoms with van der Waals surface area (Å²) in [6.07, 6.45) is 3.86. The predicted octanol–water partition coefficient (Wildman–Crippen LogP) is 3.49. The predicted molar refractivity (Wildman–Crippen MR) is 103 cm³/mol. The number of hydrogen-bond acceptors (Lipinski definition) is 5. The molecule has 2 aromatic carbocycles. The Bertz CT molecular complexity index is 985.